The van der Waals surface area contributed by atoms with Crippen molar-refractivity contribution in [3.05, 3.63) is 18.0 Å². The second-order valence-corrected chi connectivity index (χ2v) is 3.27. The highest BCUT2D eigenvalue weighted by molar-refractivity contribution is 4.98. The van der Waals surface area contributed by atoms with Gasteiger partial charge < -0.3 is 10.4 Å². The maximum absolute atomic E-state index is 8.68. The van der Waals surface area contributed by atoms with Crippen molar-refractivity contribution < 1.29 is 5.11 Å². The molecule has 0 aliphatic rings. The van der Waals surface area contributed by atoms with E-state index >= 15 is 0 Å². The summed E-state index contributed by atoms with van der Waals surface area (Å²) in [5, 5.41) is 16.2. The van der Waals surface area contributed by atoms with Gasteiger partial charge in [-0.05, 0) is 19.4 Å². The minimum Gasteiger partial charge on any atom is -0.396 e. The molecule has 0 amide bonds. The van der Waals surface area contributed by atoms with Gasteiger partial charge in [0.15, 0.2) is 0 Å². The van der Waals surface area contributed by atoms with Gasteiger partial charge in [0, 0.05) is 32.4 Å². The Bertz CT molecular complexity index is 247. The Morgan fingerprint density at radius 3 is 3.00 bits per heavy atom. The van der Waals surface area contributed by atoms with Gasteiger partial charge in [0.25, 0.3) is 0 Å². The highest BCUT2D eigenvalue weighted by Crippen LogP contribution is 1.95. The lowest BCUT2D eigenvalue weighted by Gasteiger charge is -2.10. The maximum atomic E-state index is 8.68. The first-order valence-electron chi connectivity index (χ1n) is 4.55. The number of aliphatic hydroxyl groups is 1. The fraction of sp³-hybridized carbons (Fsp3) is 0.667. The van der Waals surface area contributed by atoms with Crippen molar-refractivity contribution >= 4 is 0 Å². The molecule has 0 aliphatic carbocycles. The van der Waals surface area contributed by atoms with Crippen LogP contribution in [0.4, 0.5) is 0 Å². The third-order valence-electron chi connectivity index (χ3n) is 1.96. The summed E-state index contributed by atoms with van der Waals surface area (Å²) in [6.07, 6.45) is 2.71. The van der Waals surface area contributed by atoms with Crippen LogP contribution in [0.2, 0.25) is 0 Å². The molecule has 1 atom stereocenters. The van der Waals surface area contributed by atoms with E-state index < -0.39 is 0 Å². The number of nitrogens with zero attached hydrogens (tertiary/aromatic N) is 2. The van der Waals surface area contributed by atoms with Crippen LogP contribution in [-0.4, -0.2) is 27.5 Å². The number of hydrogen-bond donors (Lipinski definition) is 2. The van der Waals surface area contributed by atoms with Crippen LogP contribution in [0.5, 0.6) is 0 Å². The fourth-order valence-electron chi connectivity index (χ4n) is 1.13. The van der Waals surface area contributed by atoms with Crippen LogP contribution >= 0.6 is 0 Å². The quantitative estimate of drug-likeness (QED) is 0.689. The first-order chi connectivity index (χ1) is 6.22. The standard InChI is InChI=1S/C9H17N3O/c1-8(4-6-13)10-7-9-3-5-12(2)11-9/h3,5,8,10,13H,4,6-7H2,1-2H3/t8-/m1/s1. The van der Waals surface area contributed by atoms with E-state index in [1.54, 1.807) is 4.68 Å². The van der Waals surface area contributed by atoms with Crippen LogP contribution in [0.25, 0.3) is 0 Å². The van der Waals surface area contributed by atoms with Crippen molar-refractivity contribution in [2.45, 2.75) is 25.9 Å². The summed E-state index contributed by atoms with van der Waals surface area (Å²) in [7, 11) is 1.90. The van der Waals surface area contributed by atoms with Crippen molar-refractivity contribution in [3.8, 4) is 0 Å². The minimum atomic E-state index is 0.233. The Hall–Kier alpha value is -0.870. The topological polar surface area (TPSA) is 50.1 Å². The second kappa shape index (κ2) is 4.99. The van der Waals surface area contributed by atoms with E-state index in [2.05, 4.69) is 17.3 Å². The van der Waals surface area contributed by atoms with E-state index in [0.29, 0.717) is 6.04 Å². The monoisotopic (exact) mass is 183 g/mol. The van der Waals surface area contributed by atoms with Gasteiger partial charge in [0.2, 0.25) is 0 Å². The van der Waals surface area contributed by atoms with Crippen LogP contribution in [-0.2, 0) is 13.6 Å². The smallest absolute Gasteiger partial charge is 0.0762 e. The molecule has 0 radical (unpaired) electrons. The number of aromatic nitrogens is 2. The average molecular weight is 183 g/mol. The highest BCUT2D eigenvalue weighted by atomic mass is 16.3. The van der Waals surface area contributed by atoms with Crippen molar-refractivity contribution in [3.63, 3.8) is 0 Å². The molecular weight excluding hydrogens is 166 g/mol. The summed E-state index contributed by atoms with van der Waals surface area (Å²) in [6, 6.07) is 2.32. The molecule has 74 valence electrons. The molecule has 0 saturated carbocycles. The molecule has 0 bridgehead atoms. The summed E-state index contributed by atoms with van der Waals surface area (Å²) < 4.78 is 1.79. The van der Waals surface area contributed by atoms with E-state index in [0.717, 1.165) is 18.7 Å². The zero-order valence-electron chi connectivity index (χ0n) is 8.20. The Labute approximate surface area is 78.6 Å². The van der Waals surface area contributed by atoms with Crippen LogP contribution in [0, 0.1) is 0 Å². The van der Waals surface area contributed by atoms with E-state index in [1.807, 2.05) is 19.3 Å². The summed E-state index contributed by atoms with van der Waals surface area (Å²) in [5.41, 5.74) is 1.03. The summed E-state index contributed by atoms with van der Waals surface area (Å²) in [4.78, 5) is 0. The highest BCUT2D eigenvalue weighted by Gasteiger charge is 2.01. The average Bonchev–Trinajstić information content (AvgIpc) is 2.49. The van der Waals surface area contributed by atoms with Crippen LogP contribution < -0.4 is 5.32 Å². The third-order valence-corrected chi connectivity index (χ3v) is 1.96. The molecule has 1 aromatic heterocycles. The molecule has 0 fully saturated rings. The number of aliphatic hydroxyl groups excluding tert-OH is 1. The molecular formula is C9H17N3O. The van der Waals surface area contributed by atoms with Gasteiger partial charge in [-0.15, -0.1) is 0 Å². The minimum absolute atomic E-state index is 0.233. The Morgan fingerprint density at radius 2 is 2.46 bits per heavy atom. The summed E-state index contributed by atoms with van der Waals surface area (Å²) in [6.45, 7) is 3.05. The molecule has 1 heterocycles. The normalized spacial score (nSPS) is 13.2. The Balaban J connectivity index is 2.26. The molecule has 0 saturated heterocycles. The van der Waals surface area contributed by atoms with Crippen molar-refractivity contribution in [1.29, 1.82) is 0 Å². The van der Waals surface area contributed by atoms with E-state index in [-0.39, 0.29) is 6.61 Å². The molecule has 0 aromatic carbocycles. The van der Waals surface area contributed by atoms with E-state index in [4.69, 9.17) is 5.11 Å². The van der Waals surface area contributed by atoms with Crippen LogP contribution in [0.3, 0.4) is 0 Å². The summed E-state index contributed by atoms with van der Waals surface area (Å²) >= 11 is 0. The van der Waals surface area contributed by atoms with Crippen molar-refractivity contribution in [2.75, 3.05) is 6.61 Å². The largest absolute Gasteiger partial charge is 0.396 e. The third kappa shape index (κ3) is 3.57. The van der Waals surface area contributed by atoms with Gasteiger partial charge >= 0.3 is 0 Å². The summed E-state index contributed by atoms with van der Waals surface area (Å²) in [5.74, 6) is 0. The zero-order valence-corrected chi connectivity index (χ0v) is 8.20. The molecule has 1 aromatic rings. The van der Waals surface area contributed by atoms with Gasteiger partial charge in [-0.2, -0.15) is 5.10 Å². The fourth-order valence-corrected chi connectivity index (χ4v) is 1.13. The SMILES string of the molecule is C[C@H](CCO)NCc1ccn(C)n1. The number of rotatable bonds is 5. The molecule has 2 N–H and O–H groups in total. The van der Waals surface area contributed by atoms with Gasteiger partial charge in [0.05, 0.1) is 5.69 Å². The molecule has 1 rings (SSSR count). The molecule has 4 nitrogen and oxygen atoms in total. The number of hydrogen-bond acceptors (Lipinski definition) is 3. The van der Waals surface area contributed by atoms with E-state index in [1.165, 1.54) is 0 Å². The predicted octanol–water partition coefficient (Wildman–Crippen LogP) is 0.281. The maximum Gasteiger partial charge on any atom is 0.0762 e. The van der Waals surface area contributed by atoms with Crippen molar-refractivity contribution in [1.82, 2.24) is 15.1 Å². The van der Waals surface area contributed by atoms with Gasteiger partial charge in [-0.25, -0.2) is 0 Å². The zero-order chi connectivity index (χ0) is 9.68. The Morgan fingerprint density at radius 1 is 1.69 bits per heavy atom. The van der Waals surface area contributed by atoms with Crippen molar-refractivity contribution in [2.24, 2.45) is 7.05 Å². The molecule has 4 heteroatoms. The first kappa shape index (κ1) is 10.2. The van der Waals surface area contributed by atoms with Crippen LogP contribution in [0.15, 0.2) is 12.3 Å². The molecule has 0 spiro atoms. The van der Waals surface area contributed by atoms with Gasteiger partial charge in [0.1, 0.15) is 0 Å². The van der Waals surface area contributed by atoms with Gasteiger partial charge in [-0.3, -0.25) is 4.68 Å². The lowest BCUT2D eigenvalue weighted by molar-refractivity contribution is 0.268. The Kier molecular flexibility index (Phi) is 3.92. The molecule has 0 unspecified atom stereocenters. The predicted molar refractivity (Wildman–Crippen MR) is 51.2 cm³/mol. The molecule has 0 aliphatic heterocycles. The molecule has 13 heavy (non-hydrogen) atoms. The number of aryl methyl sites for hydroxylation is 1. The van der Waals surface area contributed by atoms with Gasteiger partial charge in [-0.1, -0.05) is 0 Å². The lowest BCUT2D eigenvalue weighted by Crippen LogP contribution is -2.26. The lowest BCUT2D eigenvalue weighted by atomic mass is 10.2. The number of nitrogens with one attached hydrogen (secondary N) is 1. The second-order valence-electron chi connectivity index (χ2n) is 3.27. The van der Waals surface area contributed by atoms with Crippen LogP contribution in [0.1, 0.15) is 19.0 Å². The first-order valence-corrected chi connectivity index (χ1v) is 4.55. The van der Waals surface area contributed by atoms with E-state index in [9.17, 15) is 0 Å².